The lowest BCUT2D eigenvalue weighted by molar-refractivity contribution is 0.0793. The largest absolute Gasteiger partial charge is 0.394 e. The molecule has 0 bridgehead atoms. The van der Waals surface area contributed by atoms with Gasteiger partial charge in [0.1, 0.15) is 5.69 Å². The van der Waals surface area contributed by atoms with Gasteiger partial charge in [0, 0.05) is 30.4 Å². The molecule has 0 aliphatic carbocycles. The van der Waals surface area contributed by atoms with Gasteiger partial charge in [0.15, 0.2) is 0 Å². The number of hydrogen-bond donors (Lipinski definition) is 2. The quantitative estimate of drug-likeness (QED) is 0.515. The summed E-state index contributed by atoms with van der Waals surface area (Å²) < 4.78 is 25.6. The van der Waals surface area contributed by atoms with Crippen LogP contribution in [0.5, 0.6) is 0 Å². The van der Waals surface area contributed by atoms with E-state index in [9.17, 15) is 23.5 Å². The molecule has 1 fully saturated rings. The Hall–Kier alpha value is -3.65. The molecule has 1 aromatic heterocycles. The van der Waals surface area contributed by atoms with Gasteiger partial charge in [0.2, 0.25) is 0 Å². The smallest absolute Gasteiger partial charge is 0.280 e. The van der Waals surface area contributed by atoms with E-state index in [-0.39, 0.29) is 17.2 Å². The van der Waals surface area contributed by atoms with Gasteiger partial charge in [0.25, 0.3) is 18.2 Å². The van der Waals surface area contributed by atoms with Gasteiger partial charge in [0.05, 0.1) is 12.6 Å². The van der Waals surface area contributed by atoms with Gasteiger partial charge < -0.3 is 15.3 Å². The zero-order valence-electron chi connectivity index (χ0n) is 19.4. The predicted molar refractivity (Wildman–Crippen MR) is 128 cm³/mol. The number of hydrogen-bond acceptors (Lipinski definition) is 4. The van der Waals surface area contributed by atoms with Crippen LogP contribution in [0.4, 0.5) is 8.78 Å². The molecular formula is C27H27F2N3O3. The van der Waals surface area contributed by atoms with Crippen molar-refractivity contribution in [2.45, 2.75) is 32.2 Å². The second-order valence-electron chi connectivity index (χ2n) is 8.69. The molecule has 2 aromatic carbocycles. The summed E-state index contributed by atoms with van der Waals surface area (Å²) >= 11 is 0. The summed E-state index contributed by atoms with van der Waals surface area (Å²) in [5.41, 5.74) is 3.38. The fourth-order valence-electron chi connectivity index (χ4n) is 4.13. The Labute approximate surface area is 202 Å². The number of aryl methyl sites for hydroxylation is 1. The minimum Gasteiger partial charge on any atom is -0.394 e. The summed E-state index contributed by atoms with van der Waals surface area (Å²) in [7, 11) is 0. The molecule has 3 aromatic rings. The minimum absolute atomic E-state index is 0.129. The standard InChI is InChI=1S/C27H27F2N3O3/c1-17-4-6-18(7-5-17)20-12-21(14-22(13-20)27(35)32-10-2-3-11-32)26(34)31-24(16-33)19-8-9-23(25(28)29)30-15-19/h4-9,12-15,24-25,33H,2-3,10-11,16H2,1H3,(H,31,34)/t24-/m1/s1. The van der Waals surface area contributed by atoms with E-state index < -0.39 is 25.0 Å². The van der Waals surface area contributed by atoms with Crippen molar-refractivity contribution in [3.63, 3.8) is 0 Å². The maximum Gasteiger partial charge on any atom is 0.280 e. The Kier molecular flexibility index (Phi) is 7.51. The first-order chi connectivity index (χ1) is 16.9. The van der Waals surface area contributed by atoms with E-state index in [1.165, 1.54) is 18.3 Å². The lowest BCUT2D eigenvalue weighted by atomic mass is 9.97. The van der Waals surface area contributed by atoms with Crippen molar-refractivity contribution in [1.29, 1.82) is 0 Å². The van der Waals surface area contributed by atoms with E-state index in [0.29, 0.717) is 24.2 Å². The molecule has 1 aliphatic rings. The molecule has 2 amide bonds. The number of likely N-dealkylation sites (tertiary alicyclic amines) is 1. The number of pyridine rings is 1. The molecule has 8 heteroatoms. The molecular weight excluding hydrogens is 452 g/mol. The normalized spacial score (nSPS) is 14.3. The van der Waals surface area contributed by atoms with Crippen molar-refractivity contribution < 1.29 is 23.5 Å². The Bertz CT molecular complexity index is 1190. The highest BCUT2D eigenvalue weighted by Gasteiger charge is 2.23. The number of halogens is 2. The maximum absolute atomic E-state index is 13.2. The van der Waals surface area contributed by atoms with E-state index in [4.69, 9.17) is 0 Å². The highest BCUT2D eigenvalue weighted by atomic mass is 19.3. The van der Waals surface area contributed by atoms with Crippen molar-refractivity contribution in [3.05, 3.63) is 88.7 Å². The van der Waals surface area contributed by atoms with Crippen LogP contribution in [-0.2, 0) is 0 Å². The van der Waals surface area contributed by atoms with Crippen LogP contribution < -0.4 is 5.32 Å². The molecule has 35 heavy (non-hydrogen) atoms. The van der Waals surface area contributed by atoms with Crippen LogP contribution in [0.15, 0.2) is 60.8 Å². The first kappa shape index (κ1) is 24.5. The second-order valence-corrected chi connectivity index (χ2v) is 8.69. The van der Waals surface area contributed by atoms with Gasteiger partial charge in [-0.2, -0.15) is 0 Å². The van der Waals surface area contributed by atoms with Crippen LogP contribution in [0.2, 0.25) is 0 Å². The Morgan fingerprint density at radius 2 is 1.69 bits per heavy atom. The summed E-state index contributed by atoms with van der Waals surface area (Å²) in [5, 5.41) is 12.6. The van der Waals surface area contributed by atoms with Crippen molar-refractivity contribution in [2.24, 2.45) is 0 Å². The minimum atomic E-state index is -2.71. The van der Waals surface area contributed by atoms with Gasteiger partial charge in [-0.1, -0.05) is 35.9 Å². The number of amides is 2. The molecule has 4 rings (SSSR count). The second kappa shape index (κ2) is 10.7. The average Bonchev–Trinajstić information content (AvgIpc) is 3.42. The number of nitrogens with zero attached hydrogens (tertiary/aromatic N) is 2. The molecule has 1 atom stereocenters. The van der Waals surface area contributed by atoms with Crippen LogP contribution in [0.1, 0.15) is 62.8 Å². The molecule has 0 radical (unpaired) electrons. The number of carbonyl (C=O) groups excluding carboxylic acids is 2. The predicted octanol–water partition coefficient (Wildman–Crippen LogP) is 4.69. The van der Waals surface area contributed by atoms with Crippen LogP contribution in [0, 0.1) is 6.92 Å². The number of nitrogens with one attached hydrogen (secondary N) is 1. The van der Waals surface area contributed by atoms with Crippen molar-refractivity contribution in [3.8, 4) is 11.1 Å². The van der Waals surface area contributed by atoms with Gasteiger partial charge >= 0.3 is 0 Å². The van der Waals surface area contributed by atoms with Crippen molar-refractivity contribution in [2.75, 3.05) is 19.7 Å². The maximum atomic E-state index is 13.2. The van der Waals surface area contributed by atoms with E-state index in [2.05, 4.69) is 10.3 Å². The molecule has 2 N–H and O–H groups in total. The van der Waals surface area contributed by atoms with Crippen LogP contribution in [0.25, 0.3) is 11.1 Å². The Balaban J connectivity index is 1.65. The number of carbonyl (C=O) groups is 2. The molecule has 2 heterocycles. The third-order valence-electron chi connectivity index (χ3n) is 6.14. The SMILES string of the molecule is Cc1ccc(-c2cc(C(=O)N[C@H](CO)c3ccc(C(F)F)nc3)cc(C(=O)N3CCCC3)c2)cc1. The molecule has 1 aliphatic heterocycles. The van der Waals surface area contributed by atoms with E-state index in [0.717, 1.165) is 29.5 Å². The van der Waals surface area contributed by atoms with Gasteiger partial charge in [-0.05, 0) is 60.7 Å². The molecule has 0 spiro atoms. The van der Waals surface area contributed by atoms with Gasteiger partial charge in [-0.3, -0.25) is 14.6 Å². The summed E-state index contributed by atoms with van der Waals surface area (Å²) in [5.74, 6) is -0.623. The molecule has 1 saturated heterocycles. The third kappa shape index (κ3) is 5.71. The molecule has 0 saturated carbocycles. The third-order valence-corrected chi connectivity index (χ3v) is 6.14. The highest BCUT2D eigenvalue weighted by Crippen LogP contribution is 2.26. The van der Waals surface area contributed by atoms with E-state index in [1.54, 1.807) is 23.1 Å². The number of rotatable bonds is 7. The fraction of sp³-hybridized carbons (Fsp3) is 0.296. The van der Waals surface area contributed by atoms with Gasteiger partial charge in [-0.15, -0.1) is 0 Å². The molecule has 0 unspecified atom stereocenters. The van der Waals surface area contributed by atoms with E-state index >= 15 is 0 Å². The lowest BCUT2D eigenvalue weighted by Gasteiger charge is -2.19. The number of benzene rings is 2. The van der Waals surface area contributed by atoms with Crippen molar-refractivity contribution >= 4 is 11.8 Å². The molecule has 6 nitrogen and oxygen atoms in total. The first-order valence-electron chi connectivity index (χ1n) is 11.5. The zero-order valence-corrected chi connectivity index (χ0v) is 19.4. The monoisotopic (exact) mass is 479 g/mol. The van der Waals surface area contributed by atoms with Crippen LogP contribution in [-0.4, -0.2) is 46.5 Å². The molecule has 182 valence electrons. The number of aliphatic hydroxyl groups excluding tert-OH is 1. The topological polar surface area (TPSA) is 82.5 Å². The van der Waals surface area contributed by atoms with Crippen LogP contribution >= 0.6 is 0 Å². The lowest BCUT2D eigenvalue weighted by Crippen LogP contribution is -2.32. The average molecular weight is 480 g/mol. The summed E-state index contributed by atoms with van der Waals surface area (Å²) in [6.45, 7) is 2.90. The number of alkyl halides is 2. The Morgan fingerprint density at radius 1 is 1.00 bits per heavy atom. The zero-order chi connectivity index (χ0) is 24.9. The highest BCUT2D eigenvalue weighted by molar-refractivity contribution is 6.01. The van der Waals surface area contributed by atoms with E-state index in [1.807, 2.05) is 31.2 Å². The number of aliphatic hydroxyl groups is 1. The summed E-state index contributed by atoms with van der Waals surface area (Å²) in [6.07, 6.45) is 0.413. The first-order valence-corrected chi connectivity index (χ1v) is 11.5. The fourth-order valence-corrected chi connectivity index (χ4v) is 4.13. The van der Waals surface area contributed by atoms with Crippen molar-refractivity contribution in [1.82, 2.24) is 15.2 Å². The summed E-state index contributed by atoms with van der Waals surface area (Å²) in [4.78, 5) is 31.8. The number of aromatic nitrogens is 1. The van der Waals surface area contributed by atoms with Crippen LogP contribution in [0.3, 0.4) is 0 Å². The van der Waals surface area contributed by atoms with Gasteiger partial charge in [-0.25, -0.2) is 8.78 Å². The summed E-state index contributed by atoms with van der Waals surface area (Å²) in [6, 6.07) is 14.6. The Morgan fingerprint density at radius 3 is 2.29 bits per heavy atom.